The van der Waals surface area contributed by atoms with E-state index in [-0.39, 0.29) is 22.7 Å². The zero-order chi connectivity index (χ0) is 23.5. The van der Waals surface area contributed by atoms with E-state index in [0.717, 1.165) is 38.5 Å². The number of benzene rings is 1. The van der Waals surface area contributed by atoms with E-state index in [2.05, 4.69) is 56.4 Å². The van der Waals surface area contributed by atoms with Crippen molar-refractivity contribution in [2.45, 2.75) is 85.0 Å². The van der Waals surface area contributed by atoms with Gasteiger partial charge < -0.3 is 14.8 Å². The Morgan fingerprint density at radius 1 is 1.00 bits per heavy atom. The number of esters is 1. The van der Waals surface area contributed by atoms with Gasteiger partial charge in [-0.1, -0.05) is 70.4 Å². The highest BCUT2D eigenvalue weighted by Crippen LogP contribution is 2.49. The summed E-state index contributed by atoms with van der Waals surface area (Å²) in [7, 11) is 1.38. The molecule has 180 valence electrons. The fourth-order valence-corrected chi connectivity index (χ4v) is 5.57. The van der Waals surface area contributed by atoms with Crippen LogP contribution in [0.15, 0.2) is 30.3 Å². The summed E-state index contributed by atoms with van der Waals surface area (Å²) in [5.74, 6) is 0.203. The average molecular weight is 446 g/mol. The lowest BCUT2D eigenvalue weighted by Crippen LogP contribution is -2.44. The first-order chi connectivity index (χ1) is 15.2. The summed E-state index contributed by atoms with van der Waals surface area (Å²) in [6, 6.07) is 10.6. The van der Waals surface area contributed by atoms with Gasteiger partial charge in [0.15, 0.2) is 0 Å². The first kappa shape index (κ1) is 26.2. The van der Waals surface area contributed by atoms with Gasteiger partial charge in [0.25, 0.3) is 0 Å². The van der Waals surface area contributed by atoms with E-state index in [1.165, 1.54) is 31.9 Å². The molecule has 0 bridgehead atoms. The van der Waals surface area contributed by atoms with Crippen LogP contribution in [0.4, 0.5) is 4.79 Å². The van der Waals surface area contributed by atoms with Gasteiger partial charge >= 0.3 is 12.1 Å². The van der Waals surface area contributed by atoms with E-state index < -0.39 is 6.09 Å². The predicted molar refractivity (Wildman–Crippen MR) is 128 cm³/mol. The van der Waals surface area contributed by atoms with E-state index in [1.807, 2.05) is 0 Å². The fourth-order valence-electron chi connectivity index (χ4n) is 5.57. The molecule has 5 nitrogen and oxygen atoms in total. The van der Waals surface area contributed by atoms with Crippen molar-refractivity contribution in [3.05, 3.63) is 35.9 Å². The van der Waals surface area contributed by atoms with Crippen molar-refractivity contribution in [2.24, 2.45) is 16.7 Å². The summed E-state index contributed by atoms with van der Waals surface area (Å²) < 4.78 is 10.3. The van der Waals surface area contributed by atoms with Crippen molar-refractivity contribution >= 4 is 12.1 Å². The number of methoxy groups -OCH3 is 1. The van der Waals surface area contributed by atoms with Gasteiger partial charge in [-0.05, 0) is 60.8 Å². The minimum absolute atomic E-state index is 0.0410. The molecule has 0 aromatic heterocycles. The maximum Gasteiger partial charge on any atom is 0.406 e. The molecule has 1 amide bonds. The zero-order valence-corrected chi connectivity index (χ0v) is 20.6. The number of rotatable bonds is 12. The number of hydrogen-bond donors (Lipinski definition) is 1. The van der Waals surface area contributed by atoms with Crippen LogP contribution in [-0.4, -0.2) is 32.3 Å². The minimum Gasteiger partial charge on any atom is -0.466 e. The Balaban J connectivity index is 1.61. The number of ether oxygens (including phenoxy) is 2. The van der Waals surface area contributed by atoms with E-state index >= 15 is 0 Å². The standard InChI is InChI=1S/C27H43NO4/c1-26(2)18-23(19-27(3,20-26)21-28-25(30)31-4)17-24(29)32-16-12-7-5-6-9-13-22-14-10-8-11-15-22/h8,10-11,14-15,23H,5-7,9,12-13,16-21H2,1-4H3,(H,28,30). The molecule has 1 aliphatic carbocycles. The summed E-state index contributed by atoms with van der Waals surface area (Å²) >= 11 is 0. The fraction of sp³-hybridized carbons (Fsp3) is 0.704. The molecule has 5 heteroatoms. The van der Waals surface area contributed by atoms with Crippen molar-refractivity contribution in [2.75, 3.05) is 20.3 Å². The Hall–Kier alpha value is -2.04. The molecule has 0 radical (unpaired) electrons. The van der Waals surface area contributed by atoms with Crippen LogP contribution < -0.4 is 5.32 Å². The number of alkyl carbamates (subject to hydrolysis) is 1. The summed E-state index contributed by atoms with van der Waals surface area (Å²) in [6.07, 6.45) is 9.81. The number of carbonyl (C=O) groups is 2. The topological polar surface area (TPSA) is 64.6 Å². The second kappa shape index (κ2) is 12.9. The van der Waals surface area contributed by atoms with Crippen LogP contribution in [0.1, 0.15) is 84.1 Å². The van der Waals surface area contributed by atoms with Gasteiger partial charge in [0, 0.05) is 13.0 Å². The lowest BCUT2D eigenvalue weighted by molar-refractivity contribution is -0.146. The van der Waals surface area contributed by atoms with Crippen LogP contribution in [0.5, 0.6) is 0 Å². The summed E-state index contributed by atoms with van der Waals surface area (Å²) in [5, 5.41) is 2.85. The van der Waals surface area contributed by atoms with Crippen molar-refractivity contribution in [3.63, 3.8) is 0 Å². The number of hydrogen-bond acceptors (Lipinski definition) is 4. The predicted octanol–water partition coefficient (Wildman–Crippen LogP) is 6.30. The van der Waals surface area contributed by atoms with E-state index in [4.69, 9.17) is 9.47 Å². The molecule has 2 rings (SSSR count). The van der Waals surface area contributed by atoms with E-state index in [0.29, 0.717) is 19.6 Å². The van der Waals surface area contributed by atoms with Gasteiger partial charge in [0.05, 0.1) is 13.7 Å². The van der Waals surface area contributed by atoms with Crippen LogP contribution in [-0.2, 0) is 20.7 Å². The van der Waals surface area contributed by atoms with Gasteiger partial charge in [-0.2, -0.15) is 0 Å². The summed E-state index contributed by atoms with van der Waals surface area (Å²) in [4.78, 5) is 23.9. The van der Waals surface area contributed by atoms with Gasteiger partial charge in [0.2, 0.25) is 0 Å². The molecule has 2 unspecified atom stereocenters. The third-order valence-electron chi connectivity index (χ3n) is 6.54. The van der Waals surface area contributed by atoms with Crippen molar-refractivity contribution in [1.82, 2.24) is 5.32 Å². The molecule has 0 saturated heterocycles. The molecule has 32 heavy (non-hydrogen) atoms. The summed E-state index contributed by atoms with van der Waals surface area (Å²) in [6.45, 7) is 7.78. The normalized spacial score (nSPS) is 22.2. The number of amides is 1. The molecule has 1 aromatic rings. The number of nitrogens with one attached hydrogen (secondary N) is 1. The Morgan fingerprint density at radius 3 is 2.41 bits per heavy atom. The monoisotopic (exact) mass is 445 g/mol. The van der Waals surface area contributed by atoms with Crippen molar-refractivity contribution in [3.8, 4) is 0 Å². The van der Waals surface area contributed by atoms with Crippen molar-refractivity contribution < 1.29 is 19.1 Å². The SMILES string of the molecule is COC(=O)NCC1(C)CC(CC(=O)OCCCCCCCc2ccccc2)CC(C)(C)C1. The maximum absolute atomic E-state index is 12.4. The lowest BCUT2D eigenvalue weighted by Gasteiger charge is -2.46. The molecule has 1 N–H and O–H groups in total. The first-order valence-corrected chi connectivity index (χ1v) is 12.2. The Labute approximate surface area is 194 Å². The highest BCUT2D eigenvalue weighted by atomic mass is 16.5. The van der Waals surface area contributed by atoms with Gasteiger partial charge in [-0.25, -0.2) is 4.79 Å². The second-order valence-corrected chi connectivity index (χ2v) is 10.7. The molecule has 1 aromatic carbocycles. The molecule has 1 aliphatic rings. The quantitative estimate of drug-likeness (QED) is 0.303. The molecule has 0 aliphatic heterocycles. The van der Waals surface area contributed by atoms with Crippen LogP contribution in [0.3, 0.4) is 0 Å². The molecule has 2 atom stereocenters. The largest absolute Gasteiger partial charge is 0.466 e. The lowest BCUT2D eigenvalue weighted by atomic mass is 9.60. The van der Waals surface area contributed by atoms with E-state index in [1.54, 1.807) is 0 Å². The number of unbranched alkanes of at least 4 members (excludes halogenated alkanes) is 4. The van der Waals surface area contributed by atoms with Gasteiger partial charge in [-0.3, -0.25) is 4.79 Å². The Bertz CT molecular complexity index is 703. The third kappa shape index (κ3) is 10.1. The Kier molecular flexibility index (Phi) is 10.5. The highest BCUT2D eigenvalue weighted by molar-refractivity contribution is 5.69. The van der Waals surface area contributed by atoms with Crippen LogP contribution >= 0.6 is 0 Å². The molecule has 0 heterocycles. The van der Waals surface area contributed by atoms with Gasteiger partial charge in [0.1, 0.15) is 0 Å². The molecule has 1 fully saturated rings. The van der Waals surface area contributed by atoms with Crippen LogP contribution in [0.25, 0.3) is 0 Å². The van der Waals surface area contributed by atoms with Crippen LogP contribution in [0.2, 0.25) is 0 Å². The molecular formula is C27H43NO4. The molecule has 0 spiro atoms. The first-order valence-electron chi connectivity index (χ1n) is 12.2. The zero-order valence-electron chi connectivity index (χ0n) is 20.6. The summed E-state index contributed by atoms with van der Waals surface area (Å²) in [5.41, 5.74) is 1.50. The highest BCUT2D eigenvalue weighted by Gasteiger charge is 2.42. The smallest absolute Gasteiger partial charge is 0.406 e. The van der Waals surface area contributed by atoms with Crippen molar-refractivity contribution in [1.29, 1.82) is 0 Å². The Morgan fingerprint density at radius 2 is 1.69 bits per heavy atom. The third-order valence-corrected chi connectivity index (χ3v) is 6.54. The average Bonchev–Trinajstić information content (AvgIpc) is 2.73. The molecular weight excluding hydrogens is 402 g/mol. The minimum atomic E-state index is -0.398. The molecule has 1 saturated carbocycles. The number of aryl methyl sites for hydroxylation is 1. The van der Waals surface area contributed by atoms with Gasteiger partial charge in [-0.15, -0.1) is 0 Å². The maximum atomic E-state index is 12.4. The van der Waals surface area contributed by atoms with Crippen LogP contribution in [0, 0.1) is 16.7 Å². The second-order valence-electron chi connectivity index (χ2n) is 10.7. The number of carbonyl (C=O) groups excluding carboxylic acids is 2. The van der Waals surface area contributed by atoms with E-state index in [9.17, 15) is 9.59 Å².